The van der Waals surface area contributed by atoms with E-state index in [1.54, 1.807) is 0 Å². The number of rotatable bonds is 7. The third-order valence-electron chi connectivity index (χ3n) is 3.31. The first kappa shape index (κ1) is 17.2. The summed E-state index contributed by atoms with van der Waals surface area (Å²) in [6, 6.07) is 0. The zero-order chi connectivity index (χ0) is 14.6. The molecule has 2 rings (SSSR count). The number of hydrogen-bond acceptors (Lipinski definition) is 5. The monoisotopic (exact) mass is 338 g/mol. The second-order valence-electron chi connectivity index (χ2n) is 6.90. The molecule has 1 saturated heterocycles. The predicted molar refractivity (Wildman–Crippen MR) is 89.7 cm³/mol. The van der Waals surface area contributed by atoms with Crippen LogP contribution in [0.4, 0.5) is 0 Å². The second-order valence-corrected chi connectivity index (χ2v) is 12.3. The first-order valence-electron chi connectivity index (χ1n) is 7.55. The van der Waals surface area contributed by atoms with Gasteiger partial charge in [-0.3, -0.25) is 4.52 Å². The summed E-state index contributed by atoms with van der Waals surface area (Å²) in [6.45, 7) is 3.78. The van der Waals surface area contributed by atoms with E-state index in [4.69, 9.17) is 9.05 Å². The van der Waals surface area contributed by atoms with Crippen LogP contribution in [-0.2, 0) is 13.6 Å². The van der Waals surface area contributed by atoms with Crippen LogP contribution in [0.25, 0.3) is 0 Å². The van der Waals surface area contributed by atoms with Crippen molar-refractivity contribution in [2.45, 2.75) is 64.2 Å². The molecule has 0 radical (unpaired) electrons. The molecular weight excluding hydrogens is 311 g/mol. The van der Waals surface area contributed by atoms with E-state index in [0.29, 0.717) is 11.9 Å². The highest BCUT2D eigenvalue weighted by atomic mass is 32.7. The van der Waals surface area contributed by atoms with Crippen molar-refractivity contribution in [3.63, 3.8) is 0 Å². The van der Waals surface area contributed by atoms with Gasteiger partial charge in [0.15, 0.2) is 0 Å². The minimum Gasteiger partial charge on any atom is -0.300 e. The smallest absolute Gasteiger partial charge is 0.300 e. The molecule has 2 atom stereocenters. The van der Waals surface area contributed by atoms with Gasteiger partial charge >= 0.3 is 6.80 Å². The van der Waals surface area contributed by atoms with Gasteiger partial charge in [-0.2, -0.15) is 11.8 Å². The largest absolute Gasteiger partial charge is 0.389 e. The molecule has 6 heteroatoms. The highest BCUT2D eigenvalue weighted by Crippen LogP contribution is 2.64. The van der Waals surface area contributed by atoms with E-state index >= 15 is 0 Å². The van der Waals surface area contributed by atoms with Crippen molar-refractivity contribution in [2.24, 2.45) is 5.41 Å². The Kier molecular flexibility index (Phi) is 6.38. The van der Waals surface area contributed by atoms with Crippen molar-refractivity contribution >= 4 is 29.9 Å². The van der Waals surface area contributed by atoms with Gasteiger partial charge in [0.1, 0.15) is 0 Å². The Labute approximate surface area is 131 Å². The molecule has 1 heterocycles. The van der Waals surface area contributed by atoms with Crippen molar-refractivity contribution in [3.05, 3.63) is 0 Å². The Hall–Kier alpha value is 0.850. The van der Waals surface area contributed by atoms with Crippen molar-refractivity contribution in [2.75, 3.05) is 18.1 Å². The van der Waals surface area contributed by atoms with Crippen LogP contribution in [0, 0.1) is 5.41 Å². The van der Waals surface area contributed by atoms with Crippen LogP contribution in [0.1, 0.15) is 52.9 Å². The van der Waals surface area contributed by atoms with Gasteiger partial charge in [0, 0.05) is 16.8 Å². The third-order valence-corrected chi connectivity index (χ3v) is 8.33. The van der Waals surface area contributed by atoms with E-state index in [-0.39, 0.29) is 11.5 Å². The first-order chi connectivity index (χ1) is 9.36. The van der Waals surface area contributed by atoms with Crippen molar-refractivity contribution in [1.29, 1.82) is 0 Å². The predicted octanol–water partition coefficient (Wildman–Crippen LogP) is 5.36. The van der Waals surface area contributed by atoms with E-state index in [9.17, 15) is 4.57 Å². The Morgan fingerprint density at radius 3 is 2.45 bits per heavy atom. The summed E-state index contributed by atoms with van der Waals surface area (Å²) in [7, 11) is 0. The van der Waals surface area contributed by atoms with Crippen LogP contribution < -0.4 is 0 Å². The molecule has 0 aromatic carbocycles. The molecule has 0 bridgehead atoms. The molecule has 1 saturated carbocycles. The van der Waals surface area contributed by atoms with E-state index in [2.05, 4.69) is 20.8 Å². The maximum Gasteiger partial charge on any atom is 0.389 e. The Morgan fingerprint density at radius 2 is 1.90 bits per heavy atom. The topological polar surface area (TPSA) is 35.5 Å². The summed E-state index contributed by atoms with van der Waals surface area (Å²) >= 11 is 3.34. The maximum absolute atomic E-state index is 13.0. The molecule has 2 aliphatic rings. The fraction of sp³-hybridized carbons (Fsp3) is 1.00. The van der Waals surface area contributed by atoms with Crippen LogP contribution >= 0.6 is 29.9 Å². The average Bonchev–Trinajstić information content (AvgIpc) is 3.19. The summed E-state index contributed by atoms with van der Waals surface area (Å²) in [4.78, 5) is 0. The van der Waals surface area contributed by atoms with Gasteiger partial charge in [-0.15, -0.1) is 0 Å². The lowest BCUT2D eigenvalue weighted by molar-refractivity contribution is 0.108. The number of thioether (sulfide) groups is 1. The summed E-state index contributed by atoms with van der Waals surface area (Å²) < 4.78 is 24.7. The van der Waals surface area contributed by atoms with E-state index < -0.39 is 6.80 Å². The fourth-order valence-electron chi connectivity index (χ4n) is 2.06. The van der Waals surface area contributed by atoms with Gasteiger partial charge in [0.2, 0.25) is 0 Å². The van der Waals surface area contributed by atoms with E-state index in [0.717, 1.165) is 18.6 Å². The Balaban J connectivity index is 1.88. The van der Waals surface area contributed by atoms with Crippen LogP contribution in [0.3, 0.4) is 0 Å². The summed E-state index contributed by atoms with van der Waals surface area (Å²) in [5.41, 5.74) is 0.0144. The van der Waals surface area contributed by atoms with E-state index in [1.807, 2.05) is 11.8 Å². The molecule has 1 aliphatic heterocycles. The molecule has 118 valence electrons. The minimum atomic E-state index is -2.99. The van der Waals surface area contributed by atoms with Crippen LogP contribution in [0.5, 0.6) is 0 Å². The van der Waals surface area contributed by atoms with Crippen molar-refractivity contribution < 1.29 is 13.6 Å². The van der Waals surface area contributed by atoms with Crippen molar-refractivity contribution in [3.8, 4) is 0 Å². The molecule has 1 aliphatic carbocycles. The summed E-state index contributed by atoms with van der Waals surface area (Å²) in [5.74, 6) is 2.08. The second kappa shape index (κ2) is 7.41. The SMILES string of the molecule is CC(C)(C)COP(=O)(OC1CCCCC1)SCC1CS1. The van der Waals surface area contributed by atoms with Crippen LogP contribution in [0.15, 0.2) is 0 Å². The van der Waals surface area contributed by atoms with Gasteiger partial charge in [0.05, 0.1) is 12.7 Å². The van der Waals surface area contributed by atoms with Gasteiger partial charge in [-0.05, 0) is 29.6 Å². The van der Waals surface area contributed by atoms with Crippen LogP contribution in [-0.4, -0.2) is 29.5 Å². The van der Waals surface area contributed by atoms with Crippen molar-refractivity contribution in [1.82, 2.24) is 0 Å². The molecule has 20 heavy (non-hydrogen) atoms. The van der Waals surface area contributed by atoms with Gasteiger partial charge in [-0.25, -0.2) is 4.57 Å². The molecule has 0 aromatic rings. The molecule has 0 amide bonds. The normalized spacial score (nSPS) is 27.2. The molecule has 0 aromatic heterocycles. The summed E-state index contributed by atoms with van der Waals surface area (Å²) in [6.07, 6.45) is 5.84. The van der Waals surface area contributed by atoms with E-state index in [1.165, 1.54) is 36.4 Å². The zero-order valence-electron chi connectivity index (χ0n) is 12.8. The maximum atomic E-state index is 13.0. The molecule has 3 nitrogen and oxygen atoms in total. The first-order valence-corrected chi connectivity index (χ1v) is 11.7. The Bertz CT molecular complexity index is 347. The lowest BCUT2D eigenvalue weighted by Crippen LogP contribution is -2.18. The molecule has 0 spiro atoms. The molecular formula is C14H27O3PS2. The third kappa shape index (κ3) is 6.74. The molecule has 0 N–H and O–H groups in total. The number of hydrogen-bond donors (Lipinski definition) is 0. The molecule has 2 unspecified atom stereocenters. The minimum absolute atomic E-state index is 0.0144. The lowest BCUT2D eigenvalue weighted by Gasteiger charge is -2.28. The molecule has 2 fully saturated rings. The zero-order valence-corrected chi connectivity index (χ0v) is 15.3. The van der Waals surface area contributed by atoms with Gasteiger partial charge in [0.25, 0.3) is 0 Å². The fourth-order valence-corrected chi connectivity index (χ4v) is 7.16. The highest BCUT2D eigenvalue weighted by molar-refractivity contribution is 8.55. The highest BCUT2D eigenvalue weighted by Gasteiger charge is 2.35. The average molecular weight is 338 g/mol. The Morgan fingerprint density at radius 1 is 1.25 bits per heavy atom. The van der Waals surface area contributed by atoms with Gasteiger partial charge < -0.3 is 4.52 Å². The van der Waals surface area contributed by atoms with Gasteiger partial charge in [-0.1, -0.05) is 40.0 Å². The quantitative estimate of drug-likeness (QED) is 0.461. The van der Waals surface area contributed by atoms with Crippen LogP contribution in [0.2, 0.25) is 0 Å². The lowest BCUT2D eigenvalue weighted by atomic mass is 9.98. The standard InChI is InChI=1S/C14H27O3PS2/c1-14(2,3)11-16-18(15,20-10-13-9-19-13)17-12-7-5-4-6-8-12/h12-13H,4-11H2,1-3H3. The summed E-state index contributed by atoms with van der Waals surface area (Å²) in [5, 5.41) is 0.654.